The summed E-state index contributed by atoms with van der Waals surface area (Å²) in [5.41, 5.74) is 0.546. The third kappa shape index (κ3) is 2.88. The van der Waals surface area contributed by atoms with Crippen molar-refractivity contribution in [3.05, 3.63) is 33.7 Å². The van der Waals surface area contributed by atoms with E-state index < -0.39 is 23.6 Å². The number of aromatic nitrogens is 2. The Balaban J connectivity index is 2.07. The van der Waals surface area contributed by atoms with E-state index in [1.807, 2.05) is 0 Å². The van der Waals surface area contributed by atoms with Gasteiger partial charge in [-0.2, -0.15) is 0 Å². The number of methoxy groups -OCH3 is 1. The lowest BCUT2D eigenvalue weighted by Crippen LogP contribution is -2.43. The maximum absolute atomic E-state index is 13.0. The molecule has 0 atom stereocenters. The van der Waals surface area contributed by atoms with Crippen LogP contribution in [0.15, 0.2) is 16.9 Å². The molecule has 6 nitrogen and oxygen atoms in total. The van der Waals surface area contributed by atoms with E-state index in [1.165, 1.54) is 26.2 Å². The summed E-state index contributed by atoms with van der Waals surface area (Å²) in [6, 6.07) is 2.80. The molecule has 0 bridgehead atoms. The first-order valence-electron chi connectivity index (χ1n) is 6.96. The Morgan fingerprint density at radius 3 is 2.70 bits per heavy atom. The molecule has 1 saturated carbocycles. The maximum atomic E-state index is 13.0. The second kappa shape index (κ2) is 5.29. The molecule has 1 aromatic heterocycles. The molecule has 1 N–H and O–H groups in total. The second-order valence-corrected chi connectivity index (χ2v) is 5.52. The first-order chi connectivity index (χ1) is 10.8. The van der Waals surface area contributed by atoms with Gasteiger partial charge in [-0.05, 0) is 19.1 Å². The molecule has 1 fully saturated rings. The SMILES string of the molecule is COC(=O)c1cc(OC2CC(F)(F)C2)c2nc(C)c(=O)[nH]c2c1. The number of nitrogens with zero attached hydrogens (tertiary/aromatic N) is 1. The van der Waals surface area contributed by atoms with Crippen LogP contribution in [0.5, 0.6) is 5.75 Å². The van der Waals surface area contributed by atoms with Gasteiger partial charge >= 0.3 is 5.97 Å². The number of nitrogens with one attached hydrogen (secondary N) is 1. The highest BCUT2D eigenvalue weighted by Crippen LogP contribution is 2.40. The predicted octanol–water partition coefficient (Wildman–Crippen LogP) is 2.19. The number of rotatable bonds is 3. The van der Waals surface area contributed by atoms with E-state index >= 15 is 0 Å². The number of H-pyrrole nitrogens is 1. The Hall–Kier alpha value is -2.51. The van der Waals surface area contributed by atoms with Crippen molar-refractivity contribution in [1.82, 2.24) is 9.97 Å². The number of aromatic amines is 1. The van der Waals surface area contributed by atoms with Crippen molar-refractivity contribution in [2.24, 2.45) is 0 Å². The molecule has 1 heterocycles. The van der Waals surface area contributed by atoms with E-state index in [4.69, 9.17) is 4.74 Å². The van der Waals surface area contributed by atoms with Gasteiger partial charge in [0.05, 0.1) is 18.2 Å². The highest BCUT2D eigenvalue weighted by atomic mass is 19.3. The van der Waals surface area contributed by atoms with E-state index in [-0.39, 0.29) is 35.4 Å². The van der Waals surface area contributed by atoms with Crippen molar-refractivity contribution in [2.45, 2.75) is 31.8 Å². The lowest BCUT2D eigenvalue weighted by molar-refractivity contribution is -0.134. The van der Waals surface area contributed by atoms with Crippen LogP contribution < -0.4 is 10.3 Å². The molecule has 0 unspecified atom stereocenters. The van der Waals surface area contributed by atoms with Gasteiger partial charge in [0.2, 0.25) is 0 Å². The minimum Gasteiger partial charge on any atom is -0.488 e. The summed E-state index contributed by atoms with van der Waals surface area (Å²) in [6.07, 6.45) is -1.44. The molecule has 0 saturated heterocycles. The summed E-state index contributed by atoms with van der Waals surface area (Å²) < 4.78 is 36.1. The monoisotopic (exact) mass is 324 g/mol. The number of fused-ring (bicyclic) bond motifs is 1. The highest BCUT2D eigenvalue weighted by Gasteiger charge is 2.47. The summed E-state index contributed by atoms with van der Waals surface area (Å²) in [4.78, 5) is 30.1. The Bertz CT molecular complexity index is 839. The average molecular weight is 324 g/mol. The van der Waals surface area contributed by atoms with E-state index in [1.54, 1.807) is 0 Å². The van der Waals surface area contributed by atoms with Crippen LogP contribution in [0.4, 0.5) is 8.78 Å². The summed E-state index contributed by atoms with van der Waals surface area (Å²) in [6.45, 7) is 1.52. The van der Waals surface area contributed by atoms with Gasteiger partial charge in [-0.3, -0.25) is 4.79 Å². The molecule has 0 aliphatic heterocycles. The standard InChI is InChI=1S/C15H14F2N2O4/c1-7-13(20)19-10-3-8(14(21)22-2)4-11(12(10)18-7)23-9-5-15(16,17)6-9/h3-4,9H,5-6H2,1-2H3,(H,19,20). The summed E-state index contributed by atoms with van der Waals surface area (Å²) in [5, 5.41) is 0. The van der Waals surface area contributed by atoms with Gasteiger partial charge in [-0.25, -0.2) is 18.6 Å². The second-order valence-electron chi connectivity index (χ2n) is 5.52. The zero-order valence-corrected chi connectivity index (χ0v) is 12.5. The molecule has 0 radical (unpaired) electrons. The molecule has 0 spiro atoms. The topological polar surface area (TPSA) is 81.3 Å². The zero-order chi connectivity index (χ0) is 16.8. The average Bonchev–Trinajstić information content (AvgIpc) is 2.46. The number of alkyl halides is 2. The number of hydrogen-bond acceptors (Lipinski definition) is 5. The van der Waals surface area contributed by atoms with Crippen molar-refractivity contribution >= 4 is 17.0 Å². The van der Waals surface area contributed by atoms with Crippen molar-refractivity contribution in [2.75, 3.05) is 7.11 Å². The quantitative estimate of drug-likeness (QED) is 0.875. The van der Waals surface area contributed by atoms with Gasteiger partial charge in [-0.1, -0.05) is 0 Å². The Labute approximate surface area is 129 Å². The molecule has 1 aliphatic carbocycles. The molecule has 8 heteroatoms. The number of carbonyl (C=O) groups is 1. The van der Waals surface area contributed by atoms with Crippen LogP contribution in [0.2, 0.25) is 0 Å². The Morgan fingerprint density at radius 2 is 2.09 bits per heavy atom. The normalized spacial score (nSPS) is 16.9. The molecule has 3 rings (SSSR count). The number of carbonyl (C=O) groups excluding carboxylic acids is 1. The van der Waals surface area contributed by atoms with Gasteiger partial charge in [0.1, 0.15) is 23.1 Å². The van der Waals surface area contributed by atoms with E-state index in [0.29, 0.717) is 5.52 Å². The smallest absolute Gasteiger partial charge is 0.338 e. The van der Waals surface area contributed by atoms with Crippen LogP contribution in [0.3, 0.4) is 0 Å². The van der Waals surface area contributed by atoms with E-state index in [9.17, 15) is 18.4 Å². The third-order valence-corrected chi connectivity index (χ3v) is 3.70. The van der Waals surface area contributed by atoms with Gasteiger partial charge in [0.25, 0.3) is 11.5 Å². The van der Waals surface area contributed by atoms with Crippen LogP contribution in [0.25, 0.3) is 11.0 Å². The largest absolute Gasteiger partial charge is 0.488 e. The van der Waals surface area contributed by atoms with Crippen LogP contribution in [0, 0.1) is 6.92 Å². The number of halogens is 2. The fourth-order valence-electron chi connectivity index (χ4n) is 2.44. The molecule has 1 aliphatic rings. The summed E-state index contributed by atoms with van der Waals surface area (Å²) >= 11 is 0. The Kier molecular flexibility index (Phi) is 3.54. The number of benzene rings is 1. The van der Waals surface area contributed by atoms with E-state index in [0.717, 1.165) is 0 Å². The number of esters is 1. The lowest BCUT2D eigenvalue weighted by atomic mass is 9.91. The molecular weight excluding hydrogens is 310 g/mol. The van der Waals surface area contributed by atoms with Crippen LogP contribution in [0.1, 0.15) is 28.9 Å². The number of ether oxygens (including phenoxy) is 2. The first-order valence-corrected chi connectivity index (χ1v) is 6.96. The molecular formula is C15H14F2N2O4. The first kappa shape index (κ1) is 15.4. The molecule has 23 heavy (non-hydrogen) atoms. The lowest BCUT2D eigenvalue weighted by Gasteiger charge is -2.35. The summed E-state index contributed by atoms with van der Waals surface area (Å²) in [7, 11) is 1.22. The fraction of sp³-hybridized carbons (Fsp3) is 0.400. The zero-order valence-electron chi connectivity index (χ0n) is 12.5. The fourth-order valence-corrected chi connectivity index (χ4v) is 2.44. The van der Waals surface area contributed by atoms with Crippen LogP contribution >= 0.6 is 0 Å². The summed E-state index contributed by atoms with van der Waals surface area (Å²) in [5.74, 6) is -3.18. The van der Waals surface area contributed by atoms with Gasteiger partial charge in [-0.15, -0.1) is 0 Å². The number of hydrogen-bond donors (Lipinski definition) is 1. The molecule has 2 aromatic rings. The van der Waals surface area contributed by atoms with Gasteiger partial charge < -0.3 is 14.5 Å². The van der Waals surface area contributed by atoms with Crippen molar-refractivity contribution in [3.8, 4) is 5.75 Å². The third-order valence-electron chi connectivity index (χ3n) is 3.70. The molecule has 122 valence electrons. The predicted molar refractivity (Wildman–Crippen MR) is 77.0 cm³/mol. The van der Waals surface area contributed by atoms with E-state index in [2.05, 4.69) is 14.7 Å². The number of aryl methyl sites for hydroxylation is 1. The molecule has 1 aromatic carbocycles. The van der Waals surface area contributed by atoms with Gasteiger partial charge in [0, 0.05) is 12.8 Å². The van der Waals surface area contributed by atoms with Gasteiger partial charge in [0.15, 0.2) is 0 Å². The molecule has 0 amide bonds. The van der Waals surface area contributed by atoms with Crippen LogP contribution in [-0.2, 0) is 4.74 Å². The maximum Gasteiger partial charge on any atom is 0.338 e. The van der Waals surface area contributed by atoms with Crippen LogP contribution in [-0.4, -0.2) is 35.1 Å². The highest BCUT2D eigenvalue weighted by molar-refractivity contribution is 5.95. The van der Waals surface area contributed by atoms with Crippen molar-refractivity contribution in [1.29, 1.82) is 0 Å². The van der Waals surface area contributed by atoms with Crippen molar-refractivity contribution < 1.29 is 23.0 Å². The minimum atomic E-state index is -2.72. The van der Waals surface area contributed by atoms with Crippen molar-refractivity contribution in [3.63, 3.8) is 0 Å². The minimum absolute atomic E-state index is 0.141. The Morgan fingerprint density at radius 1 is 1.39 bits per heavy atom.